The van der Waals surface area contributed by atoms with E-state index in [4.69, 9.17) is 4.74 Å². The van der Waals surface area contributed by atoms with Crippen LogP contribution in [0.1, 0.15) is 33.1 Å². The van der Waals surface area contributed by atoms with Crippen LogP contribution in [0.15, 0.2) is 0 Å². The largest absolute Gasteiger partial charge is 0.381 e. The van der Waals surface area contributed by atoms with Gasteiger partial charge in [-0.3, -0.25) is 0 Å². The van der Waals surface area contributed by atoms with Crippen LogP contribution in [0.25, 0.3) is 0 Å². The number of hydrogen-bond acceptors (Lipinski definition) is 3. The molecule has 0 aromatic heterocycles. The molecule has 1 saturated carbocycles. The first-order valence-corrected chi connectivity index (χ1v) is 6.14. The number of hydrogen-bond donors (Lipinski definition) is 2. The minimum Gasteiger partial charge on any atom is -0.381 e. The monoisotopic (exact) mass is 212 g/mol. The fraction of sp³-hybridized carbons (Fsp3) is 1.00. The van der Waals surface area contributed by atoms with Gasteiger partial charge >= 0.3 is 0 Å². The third-order valence-corrected chi connectivity index (χ3v) is 4.24. The molecule has 15 heavy (non-hydrogen) atoms. The second-order valence-corrected chi connectivity index (χ2v) is 5.52. The predicted octanol–water partition coefficient (Wildman–Crippen LogP) is 1.14. The highest BCUT2D eigenvalue weighted by molar-refractivity contribution is 5.03. The molecule has 3 nitrogen and oxygen atoms in total. The SMILES string of the molecule is COC1CC(NC2CCNCC2)C1(C)C. The molecule has 1 saturated heterocycles. The van der Waals surface area contributed by atoms with E-state index in [0.29, 0.717) is 23.6 Å². The quantitative estimate of drug-likeness (QED) is 0.736. The van der Waals surface area contributed by atoms with Crippen molar-refractivity contribution in [2.45, 2.75) is 51.3 Å². The Labute approximate surface area is 93.0 Å². The molecule has 0 spiro atoms. The summed E-state index contributed by atoms with van der Waals surface area (Å²) in [6, 6.07) is 1.36. The number of nitrogens with one attached hydrogen (secondary N) is 2. The zero-order chi connectivity index (χ0) is 10.9. The lowest BCUT2D eigenvalue weighted by molar-refractivity contribution is -0.101. The molecule has 88 valence electrons. The summed E-state index contributed by atoms with van der Waals surface area (Å²) < 4.78 is 5.47. The zero-order valence-corrected chi connectivity index (χ0v) is 10.2. The summed E-state index contributed by atoms with van der Waals surface area (Å²) in [4.78, 5) is 0. The molecule has 0 bridgehead atoms. The van der Waals surface area contributed by atoms with E-state index >= 15 is 0 Å². The standard InChI is InChI=1S/C12H24N2O/c1-12(2)10(8-11(12)15-3)14-9-4-6-13-7-5-9/h9-11,13-14H,4-8H2,1-3H3. The van der Waals surface area contributed by atoms with Crippen molar-refractivity contribution in [2.24, 2.45) is 5.41 Å². The molecule has 2 unspecified atom stereocenters. The van der Waals surface area contributed by atoms with Crippen molar-refractivity contribution < 1.29 is 4.74 Å². The van der Waals surface area contributed by atoms with Crippen molar-refractivity contribution in [1.82, 2.24) is 10.6 Å². The first-order valence-electron chi connectivity index (χ1n) is 6.14. The van der Waals surface area contributed by atoms with Crippen molar-refractivity contribution in [3.63, 3.8) is 0 Å². The Kier molecular flexibility index (Phi) is 3.33. The number of ether oxygens (including phenoxy) is 1. The van der Waals surface area contributed by atoms with E-state index in [1.54, 1.807) is 0 Å². The van der Waals surface area contributed by atoms with Gasteiger partial charge in [0.05, 0.1) is 6.10 Å². The summed E-state index contributed by atoms with van der Waals surface area (Å²) in [5, 5.41) is 7.19. The van der Waals surface area contributed by atoms with E-state index in [1.165, 1.54) is 32.4 Å². The molecule has 1 heterocycles. The maximum absolute atomic E-state index is 5.47. The van der Waals surface area contributed by atoms with E-state index in [9.17, 15) is 0 Å². The molecule has 0 aromatic carbocycles. The van der Waals surface area contributed by atoms with Crippen LogP contribution in [-0.2, 0) is 4.74 Å². The van der Waals surface area contributed by atoms with Gasteiger partial charge in [-0.15, -0.1) is 0 Å². The van der Waals surface area contributed by atoms with Crippen molar-refractivity contribution in [2.75, 3.05) is 20.2 Å². The van der Waals surface area contributed by atoms with Gasteiger partial charge in [0, 0.05) is 24.6 Å². The normalized spacial score (nSPS) is 36.2. The average Bonchev–Trinajstić information content (AvgIpc) is 2.25. The van der Waals surface area contributed by atoms with Gasteiger partial charge in [-0.2, -0.15) is 0 Å². The van der Waals surface area contributed by atoms with Gasteiger partial charge in [0.25, 0.3) is 0 Å². The van der Waals surface area contributed by atoms with Gasteiger partial charge in [-0.25, -0.2) is 0 Å². The van der Waals surface area contributed by atoms with Crippen LogP contribution in [0.2, 0.25) is 0 Å². The molecule has 2 atom stereocenters. The molecule has 2 fully saturated rings. The molecule has 1 aliphatic heterocycles. The van der Waals surface area contributed by atoms with Gasteiger partial charge in [0.2, 0.25) is 0 Å². The summed E-state index contributed by atoms with van der Waals surface area (Å²) in [5.41, 5.74) is 0.305. The highest BCUT2D eigenvalue weighted by Crippen LogP contribution is 2.42. The minimum atomic E-state index is 0.305. The smallest absolute Gasteiger partial charge is 0.0652 e. The molecule has 2 N–H and O–H groups in total. The Hall–Kier alpha value is -0.120. The Morgan fingerprint density at radius 1 is 1.27 bits per heavy atom. The lowest BCUT2D eigenvalue weighted by atomic mass is 9.64. The Morgan fingerprint density at radius 2 is 1.93 bits per heavy atom. The third-order valence-electron chi connectivity index (χ3n) is 4.24. The van der Waals surface area contributed by atoms with E-state index in [1.807, 2.05) is 7.11 Å². The van der Waals surface area contributed by atoms with Crippen molar-refractivity contribution in [1.29, 1.82) is 0 Å². The van der Waals surface area contributed by atoms with Gasteiger partial charge in [-0.05, 0) is 32.4 Å². The maximum atomic E-state index is 5.47. The second kappa shape index (κ2) is 4.40. The van der Waals surface area contributed by atoms with Gasteiger partial charge in [-0.1, -0.05) is 13.8 Å². The predicted molar refractivity (Wildman–Crippen MR) is 62.0 cm³/mol. The van der Waals surface area contributed by atoms with Gasteiger partial charge in [0.1, 0.15) is 0 Å². The minimum absolute atomic E-state index is 0.305. The van der Waals surface area contributed by atoms with E-state index < -0.39 is 0 Å². The van der Waals surface area contributed by atoms with Crippen LogP contribution in [0.3, 0.4) is 0 Å². The van der Waals surface area contributed by atoms with Crippen molar-refractivity contribution in [3.8, 4) is 0 Å². The van der Waals surface area contributed by atoms with E-state index in [0.717, 1.165) is 0 Å². The van der Waals surface area contributed by atoms with E-state index in [2.05, 4.69) is 24.5 Å². The molecule has 0 radical (unpaired) electrons. The summed E-state index contributed by atoms with van der Waals surface area (Å²) in [6.45, 7) is 6.95. The lowest BCUT2D eigenvalue weighted by Crippen LogP contribution is -2.63. The third kappa shape index (κ3) is 2.19. The Bertz CT molecular complexity index is 212. The van der Waals surface area contributed by atoms with Crippen LogP contribution >= 0.6 is 0 Å². The van der Waals surface area contributed by atoms with Crippen molar-refractivity contribution in [3.05, 3.63) is 0 Å². The van der Waals surface area contributed by atoms with Crippen LogP contribution in [0.5, 0.6) is 0 Å². The van der Waals surface area contributed by atoms with Crippen molar-refractivity contribution >= 4 is 0 Å². The summed E-state index contributed by atoms with van der Waals surface area (Å²) in [6.07, 6.45) is 4.15. The van der Waals surface area contributed by atoms with Crippen LogP contribution in [-0.4, -0.2) is 38.4 Å². The van der Waals surface area contributed by atoms with Crippen LogP contribution < -0.4 is 10.6 Å². The molecule has 0 aromatic rings. The average molecular weight is 212 g/mol. The summed E-state index contributed by atoms with van der Waals surface area (Å²) in [5.74, 6) is 0. The molecule has 1 aliphatic carbocycles. The van der Waals surface area contributed by atoms with E-state index in [-0.39, 0.29) is 0 Å². The lowest BCUT2D eigenvalue weighted by Gasteiger charge is -2.52. The highest BCUT2D eigenvalue weighted by atomic mass is 16.5. The number of rotatable bonds is 3. The van der Waals surface area contributed by atoms with Crippen LogP contribution in [0, 0.1) is 5.41 Å². The summed E-state index contributed by atoms with van der Waals surface area (Å²) >= 11 is 0. The highest BCUT2D eigenvalue weighted by Gasteiger charge is 2.48. The first kappa shape index (κ1) is 11.4. The second-order valence-electron chi connectivity index (χ2n) is 5.52. The molecule has 2 rings (SSSR count). The van der Waals surface area contributed by atoms with Crippen LogP contribution in [0.4, 0.5) is 0 Å². The molecular weight excluding hydrogens is 188 g/mol. The number of piperidine rings is 1. The van der Waals surface area contributed by atoms with Gasteiger partial charge in [0.15, 0.2) is 0 Å². The number of methoxy groups -OCH3 is 1. The fourth-order valence-corrected chi connectivity index (χ4v) is 2.84. The molecule has 2 aliphatic rings. The zero-order valence-electron chi connectivity index (χ0n) is 10.2. The maximum Gasteiger partial charge on any atom is 0.0652 e. The first-order chi connectivity index (χ1) is 7.14. The molecular formula is C12H24N2O. The Balaban J connectivity index is 1.81. The fourth-order valence-electron chi connectivity index (χ4n) is 2.84. The molecule has 0 amide bonds. The molecule has 3 heteroatoms. The van der Waals surface area contributed by atoms with Gasteiger partial charge < -0.3 is 15.4 Å². The Morgan fingerprint density at radius 3 is 2.47 bits per heavy atom. The topological polar surface area (TPSA) is 33.3 Å². The summed E-state index contributed by atoms with van der Waals surface area (Å²) in [7, 11) is 1.83.